The number of hydrogen-bond donors (Lipinski definition) is 2. The van der Waals surface area contributed by atoms with Crippen molar-refractivity contribution < 1.29 is 24.5 Å². The first kappa shape index (κ1) is 23.7. The molecule has 1 aromatic heterocycles. The molecule has 0 aliphatic rings. The first-order valence-electron chi connectivity index (χ1n) is 11.3. The Morgan fingerprint density at radius 1 is 0.771 bits per heavy atom. The van der Waals surface area contributed by atoms with Gasteiger partial charge in [-0.3, -0.25) is 4.79 Å². The van der Waals surface area contributed by atoms with Crippen molar-refractivity contribution in [1.82, 2.24) is 15.0 Å². The van der Waals surface area contributed by atoms with Gasteiger partial charge in [-0.2, -0.15) is 0 Å². The smallest absolute Gasteiger partial charge is 0.305 e. The monoisotopic (exact) mass is 471 g/mol. The zero-order valence-corrected chi connectivity index (χ0v) is 19.2. The molecule has 0 fully saturated rings. The number of ether oxygens (including phenoxy) is 2. The number of esters is 1. The minimum absolute atomic E-state index is 0.0588. The van der Waals surface area contributed by atoms with E-state index in [1.807, 2.05) is 67.6 Å². The fourth-order valence-electron chi connectivity index (χ4n) is 3.41. The van der Waals surface area contributed by atoms with Gasteiger partial charge in [-0.1, -0.05) is 67.6 Å². The largest absolute Gasteiger partial charge is 0.507 e. The van der Waals surface area contributed by atoms with E-state index in [4.69, 9.17) is 9.47 Å². The van der Waals surface area contributed by atoms with Crippen molar-refractivity contribution in [3.05, 3.63) is 72.8 Å². The van der Waals surface area contributed by atoms with Gasteiger partial charge in [-0.15, -0.1) is 0 Å². The Kier molecular flexibility index (Phi) is 7.52. The maximum Gasteiger partial charge on any atom is 0.305 e. The number of hydrogen-bond acceptors (Lipinski definition) is 8. The molecule has 0 radical (unpaired) electrons. The van der Waals surface area contributed by atoms with Gasteiger partial charge in [0.05, 0.1) is 0 Å². The molecule has 0 saturated heterocycles. The second-order valence-corrected chi connectivity index (χ2v) is 7.69. The Morgan fingerprint density at radius 3 is 1.80 bits per heavy atom. The van der Waals surface area contributed by atoms with Crippen molar-refractivity contribution in [3.8, 4) is 51.4 Å². The van der Waals surface area contributed by atoms with E-state index in [1.54, 1.807) is 0 Å². The van der Waals surface area contributed by atoms with Gasteiger partial charge in [-0.05, 0) is 6.42 Å². The van der Waals surface area contributed by atoms with Crippen LogP contribution in [0.15, 0.2) is 72.8 Å². The zero-order valence-electron chi connectivity index (χ0n) is 19.2. The van der Waals surface area contributed by atoms with Crippen LogP contribution in [0.1, 0.15) is 19.8 Å². The molecule has 3 aromatic carbocycles. The molecule has 178 valence electrons. The summed E-state index contributed by atoms with van der Waals surface area (Å²) in [6.07, 6.45) is 1.05. The summed E-state index contributed by atoms with van der Waals surface area (Å²) in [5.74, 6) is 0.337. The number of aromatic nitrogens is 3. The van der Waals surface area contributed by atoms with Gasteiger partial charge in [0.15, 0.2) is 17.5 Å². The van der Waals surface area contributed by atoms with Crippen molar-refractivity contribution in [1.29, 1.82) is 0 Å². The highest BCUT2D eigenvalue weighted by Gasteiger charge is 2.19. The summed E-state index contributed by atoms with van der Waals surface area (Å²) in [6.45, 7) is 2.04. The molecule has 1 heterocycles. The summed E-state index contributed by atoms with van der Waals surface area (Å²) in [4.78, 5) is 25.1. The fraction of sp³-hybridized carbons (Fsp3) is 0.185. The van der Waals surface area contributed by atoms with E-state index in [2.05, 4.69) is 15.0 Å². The highest BCUT2D eigenvalue weighted by Crippen LogP contribution is 2.40. The molecule has 8 nitrogen and oxygen atoms in total. The van der Waals surface area contributed by atoms with Gasteiger partial charge in [0.2, 0.25) is 0 Å². The van der Waals surface area contributed by atoms with Gasteiger partial charge in [0, 0.05) is 29.7 Å². The Bertz CT molecular complexity index is 1220. The van der Waals surface area contributed by atoms with Crippen LogP contribution >= 0.6 is 0 Å². The van der Waals surface area contributed by atoms with Crippen LogP contribution in [0.25, 0.3) is 34.2 Å². The standard InChI is InChI=1S/C27H25N3O5/c1-2-9-23(33)35-15-14-34-20-16-21(31)24(22(32)17-20)27-29-25(18-10-5-3-6-11-18)28-26(30-27)19-12-7-4-8-13-19/h3-8,10-13,16-17,31-32H,2,9,14-15H2,1H3. The van der Waals surface area contributed by atoms with Gasteiger partial charge in [0.1, 0.15) is 36.0 Å². The number of aromatic hydroxyl groups is 2. The first-order chi connectivity index (χ1) is 17.0. The molecule has 4 aromatic rings. The Labute approximate surface area is 202 Å². The molecule has 8 heteroatoms. The SMILES string of the molecule is CCCC(=O)OCCOc1cc(O)c(-c2nc(-c3ccccc3)nc(-c3ccccc3)n2)c(O)c1. The molecule has 0 bridgehead atoms. The number of phenols is 2. The minimum atomic E-state index is -0.296. The van der Waals surface area contributed by atoms with E-state index in [0.717, 1.165) is 11.1 Å². The molecule has 0 atom stereocenters. The summed E-state index contributed by atoms with van der Waals surface area (Å²) >= 11 is 0. The normalized spacial score (nSPS) is 10.7. The van der Waals surface area contributed by atoms with Crippen LogP contribution in [0.2, 0.25) is 0 Å². The number of carbonyl (C=O) groups excluding carboxylic acids is 1. The van der Waals surface area contributed by atoms with Gasteiger partial charge in [-0.25, -0.2) is 15.0 Å². The molecular formula is C27H25N3O5. The Morgan fingerprint density at radius 2 is 1.29 bits per heavy atom. The third-order valence-corrected chi connectivity index (χ3v) is 5.06. The van der Waals surface area contributed by atoms with Crippen LogP contribution in [0, 0.1) is 0 Å². The lowest BCUT2D eigenvalue weighted by Gasteiger charge is -2.13. The van der Waals surface area contributed by atoms with Crippen molar-refractivity contribution in [3.63, 3.8) is 0 Å². The molecular weight excluding hydrogens is 446 g/mol. The van der Waals surface area contributed by atoms with Gasteiger partial charge >= 0.3 is 5.97 Å². The van der Waals surface area contributed by atoms with Crippen LogP contribution in [0.3, 0.4) is 0 Å². The molecule has 0 unspecified atom stereocenters. The number of carbonyl (C=O) groups is 1. The van der Waals surface area contributed by atoms with Crippen LogP contribution in [0.4, 0.5) is 0 Å². The third kappa shape index (κ3) is 5.92. The summed E-state index contributed by atoms with van der Waals surface area (Å²) in [5.41, 5.74) is 1.60. The van der Waals surface area contributed by atoms with E-state index in [0.29, 0.717) is 24.5 Å². The van der Waals surface area contributed by atoms with Crippen molar-refractivity contribution in [2.45, 2.75) is 19.8 Å². The average Bonchev–Trinajstić information content (AvgIpc) is 2.87. The summed E-state index contributed by atoms with van der Waals surface area (Å²) in [7, 11) is 0. The zero-order chi connectivity index (χ0) is 24.6. The molecule has 0 saturated carbocycles. The van der Waals surface area contributed by atoms with E-state index < -0.39 is 0 Å². The van der Waals surface area contributed by atoms with Crippen LogP contribution in [-0.2, 0) is 9.53 Å². The third-order valence-electron chi connectivity index (χ3n) is 5.06. The van der Waals surface area contributed by atoms with Gasteiger partial charge < -0.3 is 19.7 Å². The predicted octanol–water partition coefficient (Wildman–Crippen LogP) is 5.01. The number of nitrogens with zero attached hydrogens (tertiary/aromatic N) is 3. The summed E-state index contributed by atoms with van der Waals surface area (Å²) in [5, 5.41) is 21.5. The Balaban J connectivity index is 1.65. The van der Waals surface area contributed by atoms with E-state index in [1.165, 1.54) is 12.1 Å². The number of phenolic OH excluding ortho intramolecular Hbond substituents is 2. The topological polar surface area (TPSA) is 115 Å². The van der Waals surface area contributed by atoms with Gasteiger partial charge in [0.25, 0.3) is 0 Å². The van der Waals surface area contributed by atoms with Crippen molar-refractivity contribution in [2.24, 2.45) is 0 Å². The quantitative estimate of drug-likeness (QED) is 0.259. The second kappa shape index (κ2) is 11.1. The molecule has 2 N–H and O–H groups in total. The first-order valence-corrected chi connectivity index (χ1v) is 11.3. The molecule has 0 amide bonds. The highest BCUT2D eigenvalue weighted by molar-refractivity contribution is 5.75. The molecule has 0 aliphatic carbocycles. The van der Waals surface area contributed by atoms with Crippen molar-refractivity contribution >= 4 is 5.97 Å². The average molecular weight is 472 g/mol. The minimum Gasteiger partial charge on any atom is -0.507 e. The maximum absolute atomic E-state index is 11.4. The van der Waals surface area contributed by atoms with E-state index in [-0.39, 0.29) is 47.8 Å². The molecule has 0 spiro atoms. The maximum atomic E-state index is 11.4. The number of rotatable bonds is 9. The van der Waals surface area contributed by atoms with Crippen LogP contribution in [0.5, 0.6) is 17.2 Å². The molecule has 4 rings (SSSR count). The van der Waals surface area contributed by atoms with Crippen molar-refractivity contribution in [2.75, 3.05) is 13.2 Å². The van der Waals surface area contributed by atoms with E-state index >= 15 is 0 Å². The van der Waals surface area contributed by atoms with E-state index in [9.17, 15) is 15.0 Å². The van der Waals surface area contributed by atoms with Crippen LogP contribution in [-0.4, -0.2) is 44.3 Å². The number of benzene rings is 3. The Hall–Kier alpha value is -4.46. The highest BCUT2D eigenvalue weighted by atomic mass is 16.6. The molecule has 35 heavy (non-hydrogen) atoms. The lowest BCUT2D eigenvalue weighted by atomic mass is 10.1. The fourth-order valence-corrected chi connectivity index (χ4v) is 3.41. The second-order valence-electron chi connectivity index (χ2n) is 7.69. The summed E-state index contributed by atoms with van der Waals surface area (Å²) in [6, 6.07) is 21.5. The summed E-state index contributed by atoms with van der Waals surface area (Å²) < 4.78 is 10.6. The lowest BCUT2D eigenvalue weighted by molar-refractivity contribution is -0.144. The van der Waals surface area contributed by atoms with Crippen LogP contribution < -0.4 is 4.74 Å². The lowest BCUT2D eigenvalue weighted by Crippen LogP contribution is -2.11. The molecule has 0 aliphatic heterocycles. The predicted molar refractivity (Wildman–Crippen MR) is 131 cm³/mol.